The predicted octanol–water partition coefficient (Wildman–Crippen LogP) is 1.87. The van der Waals surface area contributed by atoms with Crippen molar-refractivity contribution in [1.29, 1.82) is 0 Å². The number of rotatable bonds is 4. The van der Waals surface area contributed by atoms with E-state index >= 15 is 0 Å². The third kappa shape index (κ3) is 3.73. The monoisotopic (exact) mass is 263 g/mol. The molecule has 8 heteroatoms. The number of hydrogen-bond acceptors (Lipinski definition) is 5. The minimum Gasteiger partial charge on any atom is -0.359 e. The van der Waals surface area contributed by atoms with Crippen LogP contribution in [-0.2, 0) is 6.18 Å². The number of aromatic nitrogens is 2. The molecule has 102 valence electrons. The summed E-state index contributed by atoms with van der Waals surface area (Å²) in [6.45, 7) is 4.51. The number of alkyl halides is 3. The molecular weight excluding hydrogens is 247 g/mol. The van der Waals surface area contributed by atoms with E-state index in [1.807, 2.05) is 19.3 Å². The van der Waals surface area contributed by atoms with Crippen LogP contribution in [0.2, 0.25) is 0 Å². The molecule has 0 fully saturated rings. The van der Waals surface area contributed by atoms with Gasteiger partial charge in [0.05, 0.1) is 0 Å². The molecule has 0 aliphatic rings. The summed E-state index contributed by atoms with van der Waals surface area (Å²) in [5, 5.41) is 0. The van der Waals surface area contributed by atoms with Crippen molar-refractivity contribution in [2.45, 2.75) is 20.0 Å². The van der Waals surface area contributed by atoms with E-state index in [1.54, 1.807) is 11.9 Å². The lowest BCUT2D eigenvalue weighted by Crippen LogP contribution is -2.25. The van der Waals surface area contributed by atoms with E-state index < -0.39 is 11.9 Å². The van der Waals surface area contributed by atoms with E-state index in [4.69, 9.17) is 5.84 Å². The van der Waals surface area contributed by atoms with Crippen molar-refractivity contribution in [2.75, 3.05) is 23.9 Å². The van der Waals surface area contributed by atoms with Gasteiger partial charge in [-0.3, -0.25) is 5.43 Å². The van der Waals surface area contributed by atoms with E-state index in [0.717, 1.165) is 6.07 Å². The van der Waals surface area contributed by atoms with Crippen LogP contribution in [0.5, 0.6) is 0 Å². The molecule has 0 unspecified atom stereocenters. The van der Waals surface area contributed by atoms with Crippen LogP contribution in [0.1, 0.15) is 19.5 Å². The SMILES string of the molecule is CC(C)CN(C)c1cc(C(F)(F)F)nc(NN)n1. The molecule has 0 aromatic carbocycles. The molecule has 3 N–H and O–H groups in total. The highest BCUT2D eigenvalue weighted by Gasteiger charge is 2.34. The average molecular weight is 263 g/mol. The number of halogens is 3. The van der Waals surface area contributed by atoms with Crippen molar-refractivity contribution in [2.24, 2.45) is 11.8 Å². The van der Waals surface area contributed by atoms with Gasteiger partial charge in [0.15, 0.2) is 5.69 Å². The number of nitrogen functional groups attached to an aromatic ring is 1. The van der Waals surface area contributed by atoms with Crippen LogP contribution >= 0.6 is 0 Å². The maximum absolute atomic E-state index is 12.6. The molecular formula is C10H16F3N5. The summed E-state index contributed by atoms with van der Waals surface area (Å²) in [4.78, 5) is 8.81. The van der Waals surface area contributed by atoms with Gasteiger partial charge in [0.25, 0.3) is 0 Å². The Hall–Kier alpha value is -1.57. The second-order valence-corrected chi connectivity index (χ2v) is 4.35. The van der Waals surface area contributed by atoms with Crippen LogP contribution < -0.4 is 16.2 Å². The van der Waals surface area contributed by atoms with Gasteiger partial charge in [0, 0.05) is 19.7 Å². The molecule has 0 bridgehead atoms. The minimum absolute atomic E-state index is 0.180. The molecule has 18 heavy (non-hydrogen) atoms. The Kier molecular flexibility index (Phi) is 4.33. The first-order chi connectivity index (χ1) is 8.24. The zero-order chi connectivity index (χ0) is 13.9. The first kappa shape index (κ1) is 14.5. The summed E-state index contributed by atoms with van der Waals surface area (Å²) in [5.74, 6) is 5.30. The van der Waals surface area contributed by atoms with Gasteiger partial charge in [-0.25, -0.2) is 10.8 Å². The lowest BCUT2D eigenvalue weighted by molar-refractivity contribution is -0.141. The highest BCUT2D eigenvalue weighted by Crippen LogP contribution is 2.30. The van der Waals surface area contributed by atoms with Crippen LogP contribution in [0.3, 0.4) is 0 Å². The fourth-order valence-electron chi connectivity index (χ4n) is 1.48. The highest BCUT2D eigenvalue weighted by atomic mass is 19.4. The number of nitrogens with zero attached hydrogens (tertiary/aromatic N) is 3. The number of hydrazine groups is 1. The molecule has 5 nitrogen and oxygen atoms in total. The Morgan fingerprint density at radius 2 is 2.00 bits per heavy atom. The van der Waals surface area contributed by atoms with Gasteiger partial charge in [-0.1, -0.05) is 13.8 Å². The molecule has 0 saturated carbocycles. The van der Waals surface area contributed by atoms with Crippen LogP contribution in [-0.4, -0.2) is 23.6 Å². The maximum atomic E-state index is 12.6. The number of nitrogens with one attached hydrogen (secondary N) is 1. The summed E-state index contributed by atoms with van der Waals surface area (Å²) in [6.07, 6.45) is -4.53. The summed E-state index contributed by atoms with van der Waals surface area (Å²) in [7, 11) is 1.67. The van der Waals surface area contributed by atoms with Crippen LogP contribution in [0, 0.1) is 5.92 Å². The molecule has 0 aliphatic heterocycles. The lowest BCUT2D eigenvalue weighted by atomic mass is 10.2. The quantitative estimate of drug-likeness (QED) is 0.641. The Morgan fingerprint density at radius 3 is 2.44 bits per heavy atom. The number of anilines is 2. The van der Waals surface area contributed by atoms with Crippen molar-refractivity contribution in [1.82, 2.24) is 9.97 Å². The predicted molar refractivity (Wildman–Crippen MR) is 63.0 cm³/mol. The third-order valence-corrected chi connectivity index (χ3v) is 2.16. The third-order valence-electron chi connectivity index (χ3n) is 2.16. The van der Waals surface area contributed by atoms with Crippen LogP contribution in [0.15, 0.2) is 6.07 Å². The molecule has 0 amide bonds. The van der Waals surface area contributed by atoms with Crippen LogP contribution in [0.4, 0.5) is 24.9 Å². The number of nitrogens with two attached hydrogens (primary N) is 1. The van der Waals surface area contributed by atoms with Crippen molar-refractivity contribution >= 4 is 11.8 Å². The van der Waals surface area contributed by atoms with E-state index in [9.17, 15) is 13.2 Å². The van der Waals surface area contributed by atoms with Gasteiger partial charge in [0.2, 0.25) is 5.95 Å². The van der Waals surface area contributed by atoms with E-state index in [0.29, 0.717) is 12.5 Å². The van der Waals surface area contributed by atoms with Gasteiger partial charge in [-0.05, 0) is 5.92 Å². The van der Waals surface area contributed by atoms with Gasteiger partial charge < -0.3 is 4.90 Å². The summed E-state index contributed by atoms with van der Waals surface area (Å²) >= 11 is 0. The average Bonchev–Trinajstić information content (AvgIpc) is 2.26. The molecule has 1 aromatic rings. The fourth-order valence-corrected chi connectivity index (χ4v) is 1.48. The Balaban J connectivity index is 3.12. The molecule has 0 aliphatic carbocycles. The molecule has 1 rings (SSSR count). The van der Waals surface area contributed by atoms with Gasteiger partial charge >= 0.3 is 6.18 Å². The highest BCUT2D eigenvalue weighted by molar-refractivity contribution is 5.44. The standard InChI is InChI=1S/C10H16F3N5/c1-6(2)5-18(3)8-4-7(10(11,12)13)15-9(16-8)17-14/h4,6H,5,14H2,1-3H3,(H,15,16,17). The van der Waals surface area contributed by atoms with Gasteiger partial charge in [0.1, 0.15) is 5.82 Å². The molecule has 0 saturated heterocycles. The second-order valence-electron chi connectivity index (χ2n) is 4.35. The number of hydrogen-bond donors (Lipinski definition) is 2. The van der Waals surface area contributed by atoms with Crippen LogP contribution in [0.25, 0.3) is 0 Å². The van der Waals surface area contributed by atoms with E-state index in [1.165, 1.54) is 0 Å². The molecule has 0 spiro atoms. The van der Waals surface area contributed by atoms with Crippen molar-refractivity contribution < 1.29 is 13.2 Å². The molecule has 1 aromatic heterocycles. The molecule has 1 heterocycles. The zero-order valence-corrected chi connectivity index (χ0v) is 10.4. The van der Waals surface area contributed by atoms with Crippen molar-refractivity contribution in [3.63, 3.8) is 0 Å². The van der Waals surface area contributed by atoms with Crippen molar-refractivity contribution in [3.05, 3.63) is 11.8 Å². The summed E-state index contributed by atoms with van der Waals surface area (Å²) < 4.78 is 37.9. The normalized spacial score (nSPS) is 11.8. The largest absolute Gasteiger partial charge is 0.433 e. The molecule has 0 atom stereocenters. The molecule has 0 radical (unpaired) electrons. The Labute approximate surface area is 103 Å². The minimum atomic E-state index is -4.53. The summed E-state index contributed by atoms with van der Waals surface area (Å²) in [5.41, 5.74) is 1.02. The van der Waals surface area contributed by atoms with Crippen molar-refractivity contribution in [3.8, 4) is 0 Å². The first-order valence-electron chi connectivity index (χ1n) is 5.38. The summed E-state index contributed by atoms with van der Waals surface area (Å²) in [6, 6.07) is 0.906. The van der Waals surface area contributed by atoms with Gasteiger partial charge in [-0.15, -0.1) is 0 Å². The van der Waals surface area contributed by atoms with E-state index in [2.05, 4.69) is 9.97 Å². The Morgan fingerprint density at radius 1 is 1.39 bits per heavy atom. The Bertz CT molecular complexity index is 405. The maximum Gasteiger partial charge on any atom is 0.433 e. The second kappa shape index (κ2) is 5.38. The first-order valence-corrected chi connectivity index (χ1v) is 5.38. The smallest absolute Gasteiger partial charge is 0.359 e. The topological polar surface area (TPSA) is 67.1 Å². The lowest BCUT2D eigenvalue weighted by Gasteiger charge is -2.21. The fraction of sp³-hybridized carbons (Fsp3) is 0.600. The zero-order valence-electron chi connectivity index (χ0n) is 10.4. The van der Waals surface area contributed by atoms with E-state index in [-0.39, 0.29) is 11.8 Å². The van der Waals surface area contributed by atoms with Gasteiger partial charge in [-0.2, -0.15) is 18.2 Å².